The van der Waals surface area contributed by atoms with Crippen molar-refractivity contribution in [2.75, 3.05) is 0 Å². The summed E-state index contributed by atoms with van der Waals surface area (Å²) in [5, 5.41) is 8.66. The first-order valence-electron chi connectivity index (χ1n) is 6.01. The molecule has 2 aromatic rings. The third-order valence-corrected chi connectivity index (χ3v) is 3.16. The molecule has 0 aliphatic heterocycles. The van der Waals surface area contributed by atoms with E-state index in [0.717, 1.165) is 34.3 Å². The summed E-state index contributed by atoms with van der Waals surface area (Å²) in [4.78, 5) is 14.8. The quantitative estimate of drug-likeness (QED) is 0.859. The second-order valence-corrected chi connectivity index (χ2v) is 4.50. The minimum atomic E-state index is -0.947. The lowest BCUT2D eigenvalue weighted by Crippen LogP contribution is -1.98. The van der Waals surface area contributed by atoms with Gasteiger partial charge in [0.05, 0.1) is 17.7 Å². The van der Waals surface area contributed by atoms with Crippen LogP contribution in [-0.4, -0.2) is 20.6 Å². The molecule has 1 N–H and O–H groups in total. The van der Waals surface area contributed by atoms with Crippen molar-refractivity contribution in [1.29, 1.82) is 0 Å². The summed E-state index contributed by atoms with van der Waals surface area (Å²) >= 11 is 0. The van der Waals surface area contributed by atoms with E-state index in [9.17, 15) is 4.79 Å². The van der Waals surface area contributed by atoms with Crippen LogP contribution >= 0.6 is 0 Å². The highest BCUT2D eigenvalue weighted by Gasteiger charge is 2.07. The molecule has 0 amide bonds. The van der Waals surface area contributed by atoms with Crippen molar-refractivity contribution in [3.05, 3.63) is 53.1 Å². The Kier molecular flexibility index (Phi) is 3.51. The van der Waals surface area contributed by atoms with E-state index in [2.05, 4.69) is 4.98 Å². The molecule has 1 heterocycles. The van der Waals surface area contributed by atoms with Crippen molar-refractivity contribution in [2.45, 2.75) is 20.8 Å². The molecular formula is C15H16N2O2. The van der Waals surface area contributed by atoms with E-state index in [-0.39, 0.29) is 0 Å². The first kappa shape index (κ1) is 13.1. The fourth-order valence-electron chi connectivity index (χ4n) is 1.90. The fourth-order valence-corrected chi connectivity index (χ4v) is 1.90. The largest absolute Gasteiger partial charge is 0.478 e. The third kappa shape index (κ3) is 2.73. The lowest BCUT2D eigenvalue weighted by atomic mass is 10.1. The van der Waals surface area contributed by atoms with Gasteiger partial charge in [-0.25, -0.2) is 9.78 Å². The predicted molar refractivity (Wildman–Crippen MR) is 74.4 cm³/mol. The van der Waals surface area contributed by atoms with Crippen LogP contribution in [0.1, 0.15) is 22.5 Å². The molecule has 98 valence electrons. The van der Waals surface area contributed by atoms with Crippen LogP contribution in [0, 0.1) is 20.8 Å². The molecule has 0 radical (unpaired) electrons. The molecule has 0 saturated carbocycles. The van der Waals surface area contributed by atoms with Crippen molar-refractivity contribution >= 4 is 12.0 Å². The fraction of sp³-hybridized carbons (Fsp3) is 0.200. The van der Waals surface area contributed by atoms with Crippen LogP contribution in [0.2, 0.25) is 0 Å². The number of imidazole rings is 1. The second-order valence-electron chi connectivity index (χ2n) is 4.50. The number of hydrogen-bond acceptors (Lipinski definition) is 2. The van der Waals surface area contributed by atoms with Crippen molar-refractivity contribution < 1.29 is 9.90 Å². The van der Waals surface area contributed by atoms with Gasteiger partial charge in [-0.3, -0.25) is 0 Å². The Morgan fingerprint density at radius 3 is 2.63 bits per heavy atom. The molecule has 2 rings (SSSR count). The number of carbonyl (C=O) groups is 1. The number of carboxylic acid groups (broad SMARTS) is 1. The Bertz CT molecular complexity index is 654. The van der Waals surface area contributed by atoms with Crippen molar-refractivity contribution in [3.63, 3.8) is 0 Å². The summed E-state index contributed by atoms with van der Waals surface area (Å²) in [5.41, 5.74) is 5.07. The number of benzene rings is 1. The molecule has 0 saturated heterocycles. The molecule has 4 nitrogen and oxygen atoms in total. The molecule has 1 aromatic carbocycles. The molecule has 0 aliphatic rings. The highest BCUT2D eigenvalue weighted by molar-refractivity contribution is 5.85. The van der Waals surface area contributed by atoms with Gasteiger partial charge in [0.15, 0.2) is 0 Å². The summed E-state index contributed by atoms with van der Waals surface area (Å²) in [6.07, 6.45) is 4.52. The minimum absolute atomic E-state index is 0.855. The number of aromatic nitrogens is 2. The standard InChI is InChI=1S/C15H16N2O2/c1-10-4-5-13(6-7-15(18)19)8-14(10)17-9-16-11(2)12(17)3/h4-9H,1-3H3,(H,18,19)/b7-6+. The first-order valence-corrected chi connectivity index (χ1v) is 6.01. The number of hydrogen-bond donors (Lipinski definition) is 1. The second kappa shape index (κ2) is 5.10. The van der Waals surface area contributed by atoms with Crippen LogP contribution in [0.5, 0.6) is 0 Å². The number of aliphatic carboxylic acids is 1. The summed E-state index contributed by atoms with van der Waals surface area (Å²) in [6.45, 7) is 6.01. The predicted octanol–water partition coefficient (Wildman–Crippen LogP) is 2.90. The molecule has 4 heteroatoms. The zero-order valence-corrected chi connectivity index (χ0v) is 11.2. The SMILES string of the molecule is Cc1ccc(/C=C/C(=O)O)cc1-n1cnc(C)c1C. The van der Waals surface area contributed by atoms with Crippen molar-refractivity contribution in [2.24, 2.45) is 0 Å². The average Bonchev–Trinajstić information content (AvgIpc) is 2.69. The zero-order valence-electron chi connectivity index (χ0n) is 11.2. The highest BCUT2D eigenvalue weighted by atomic mass is 16.4. The van der Waals surface area contributed by atoms with Gasteiger partial charge in [0.2, 0.25) is 0 Å². The Hall–Kier alpha value is -2.36. The molecule has 0 fully saturated rings. The van der Waals surface area contributed by atoms with Crippen LogP contribution in [0.3, 0.4) is 0 Å². The lowest BCUT2D eigenvalue weighted by molar-refractivity contribution is -0.131. The topological polar surface area (TPSA) is 55.1 Å². The van der Waals surface area contributed by atoms with Gasteiger partial charge in [-0.1, -0.05) is 12.1 Å². The average molecular weight is 256 g/mol. The summed E-state index contributed by atoms with van der Waals surface area (Å²) in [5.74, 6) is -0.947. The maximum atomic E-state index is 10.5. The van der Waals surface area contributed by atoms with E-state index in [4.69, 9.17) is 5.11 Å². The molecule has 0 bridgehead atoms. The van der Waals surface area contributed by atoms with Crippen LogP contribution in [0.4, 0.5) is 0 Å². The Morgan fingerprint density at radius 2 is 2.05 bits per heavy atom. The summed E-state index contributed by atoms with van der Waals surface area (Å²) in [7, 11) is 0. The highest BCUT2D eigenvalue weighted by Crippen LogP contribution is 2.20. The maximum absolute atomic E-state index is 10.5. The number of rotatable bonds is 3. The van der Waals surface area contributed by atoms with Crippen molar-refractivity contribution in [1.82, 2.24) is 9.55 Å². The molecule has 0 unspecified atom stereocenters. The van der Waals surface area contributed by atoms with E-state index >= 15 is 0 Å². The van der Waals surface area contributed by atoms with Gasteiger partial charge in [-0.2, -0.15) is 0 Å². The van der Waals surface area contributed by atoms with E-state index in [1.807, 2.05) is 43.5 Å². The van der Waals surface area contributed by atoms with Gasteiger partial charge in [-0.15, -0.1) is 0 Å². The molecule has 1 aromatic heterocycles. The van der Waals surface area contributed by atoms with Crippen LogP contribution < -0.4 is 0 Å². The molecule has 0 aliphatic carbocycles. The van der Waals surface area contributed by atoms with Crippen LogP contribution in [0.25, 0.3) is 11.8 Å². The zero-order chi connectivity index (χ0) is 14.0. The van der Waals surface area contributed by atoms with Gasteiger partial charge in [0.25, 0.3) is 0 Å². The molecule has 0 atom stereocenters. The van der Waals surface area contributed by atoms with Gasteiger partial charge in [-0.05, 0) is 44.0 Å². The van der Waals surface area contributed by atoms with E-state index in [1.54, 1.807) is 12.4 Å². The maximum Gasteiger partial charge on any atom is 0.328 e. The minimum Gasteiger partial charge on any atom is -0.478 e. The first-order chi connectivity index (χ1) is 8.99. The van der Waals surface area contributed by atoms with Crippen LogP contribution in [-0.2, 0) is 4.79 Å². The van der Waals surface area contributed by atoms with E-state index in [1.165, 1.54) is 0 Å². The van der Waals surface area contributed by atoms with Gasteiger partial charge >= 0.3 is 5.97 Å². The Labute approximate surface area is 112 Å². The van der Waals surface area contributed by atoms with Crippen LogP contribution in [0.15, 0.2) is 30.6 Å². The molecular weight excluding hydrogens is 240 g/mol. The Morgan fingerprint density at radius 1 is 1.32 bits per heavy atom. The Balaban J connectivity index is 2.48. The van der Waals surface area contributed by atoms with Gasteiger partial charge in [0, 0.05) is 11.8 Å². The number of aryl methyl sites for hydroxylation is 2. The molecule has 0 spiro atoms. The monoisotopic (exact) mass is 256 g/mol. The molecule has 19 heavy (non-hydrogen) atoms. The van der Waals surface area contributed by atoms with Gasteiger partial charge in [0.1, 0.15) is 0 Å². The number of nitrogens with zero attached hydrogens (tertiary/aromatic N) is 2. The lowest BCUT2D eigenvalue weighted by Gasteiger charge is -2.10. The number of carboxylic acids is 1. The van der Waals surface area contributed by atoms with E-state index in [0.29, 0.717) is 0 Å². The summed E-state index contributed by atoms with van der Waals surface area (Å²) in [6, 6.07) is 5.84. The summed E-state index contributed by atoms with van der Waals surface area (Å²) < 4.78 is 2.02. The normalized spacial score (nSPS) is 11.1. The van der Waals surface area contributed by atoms with E-state index < -0.39 is 5.97 Å². The third-order valence-electron chi connectivity index (χ3n) is 3.16. The van der Waals surface area contributed by atoms with Crippen molar-refractivity contribution in [3.8, 4) is 5.69 Å². The smallest absolute Gasteiger partial charge is 0.328 e. The van der Waals surface area contributed by atoms with Gasteiger partial charge < -0.3 is 9.67 Å².